The minimum atomic E-state index is -0.167. The lowest BCUT2D eigenvalue weighted by molar-refractivity contribution is 0.276. The van der Waals surface area contributed by atoms with Gasteiger partial charge in [-0.2, -0.15) is 0 Å². The fraction of sp³-hybridized carbons (Fsp3) is 1.00. The van der Waals surface area contributed by atoms with E-state index >= 15 is 0 Å². The van der Waals surface area contributed by atoms with Gasteiger partial charge in [0.25, 0.3) is 0 Å². The molecule has 2 heteroatoms. The molecule has 0 amide bonds. The molecule has 0 heterocycles. The summed E-state index contributed by atoms with van der Waals surface area (Å²) in [4.78, 5) is 0. The van der Waals surface area contributed by atoms with Crippen molar-refractivity contribution < 1.29 is 5.11 Å². The summed E-state index contributed by atoms with van der Waals surface area (Å²) in [6, 6.07) is -0.167. The van der Waals surface area contributed by atoms with Gasteiger partial charge in [-0.15, -0.1) is 0 Å². The number of hydrogen-bond donors (Lipinski definition) is 1. The molecule has 24 valence electrons. The molecule has 0 aliphatic heterocycles. The Morgan fingerprint density at radius 2 is 2.00 bits per heavy atom. The zero-order valence-corrected chi connectivity index (χ0v) is 3.02. The molecule has 0 bridgehead atoms. The van der Waals surface area contributed by atoms with Gasteiger partial charge in [0.2, 0.25) is 0 Å². The van der Waals surface area contributed by atoms with E-state index in [1.807, 2.05) is 0 Å². The van der Waals surface area contributed by atoms with Crippen molar-refractivity contribution in [3.8, 4) is 0 Å². The van der Waals surface area contributed by atoms with Gasteiger partial charge >= 0.3 is 0 Å². The third kappa shape index (κ3) is 3420. The van der Waals surface area contributed by atoms with Gasteiger partial charge in [0.15, 0.2) is 0 Å². The Bertz CT molecular complexity index is 10.8. The molecule has 0 aromatic carbocycles. The van der Waals surface area contributed by atoms with Crippen LogP contribution in [0.5, 0.6) is 0 Å². The first-order chi connectivity index (χ1) is 1.73. The molecular weight excluding hydrogens is 50.8 g/mol. The summed E-state index contributed by atoms with van der Waals surface area (Å²) in [7, 11) is 1.72. The predicted molar refractivity (Wildman–Crippen MR) is 20.2 cm³/mol. The van der Waals surface area contributed by atoms with Gasteiger partial charge in [-0.1, -0.05) is 0 Å². The minimum Gasteiger partial charge on any atom is -0.402 e. The second kappa shape index (κ2) is 1.36. The van der Waals surface area contributed by atoms with E-state index in [0.717, 1.165) is 0 Å². The summed E-state index contributed by atoms with van der Waals surface area (Å²) in [6.45, 7) is 1.72. The van der Waals surface area contributed by atoms with Crippen molar-refractivity contribution in [3.63, 3.8) is 0 Å². The van der Waals surface area contributed by atoms with Crippen molar-refractivity contribution in [3.05, 3.63) is 0 Å². The van der Waals surface area contributed by atoms with Gasteiger partial charge in [-0.25, -0.2) is 0 Å². The van der Waals surface area contributed by atoms with E-state index in [1.54, 1.807) is 14.8 Å². The summed E-state index contributed by atoms with van der Waals surface area (Å²) in [5.74, 6) is 0. The molecule has 1 unspecified atom stereocenters. The topological polar surface area (TPSA) is 20.2 Å². The summed E-state index contributed by atoms with van der Waals surface area (Å²) in [5.41, 5.74) is 0. The van der Waals surface area contributed by atoms with Gasteiger partial charge < -0.3 is 5.11 Å². The molecule has 0 aromatic rings. The predicted octanol–water partition coefficient (Wildman–Crippen LogP) is -1.04. The van der Waals surface area contributed by atoms with Crippen molar-refractivity contribution in [2.75, 3.05) is 0 Å². The lowest BCUT2D eigenvalue weighted by atomic mass is 10.0. The van der Waals surface area contributed by atoms with Crippen LogP contribution >= 0.6 is 0 Å². The Morgan fingerprint density at radius 3 is 2.00 bits per heavy atom. The molecule has 0 fully saturated rings. The molecule has 0 aliphatic rings. The normalized spacial score (nSPS) is 15.5. The Labute approximate surface area is 27.1 Å². The van der Waals surface area contributed by atoms with Crippen LogP contribution in [0.3, 0.4) is 0 Å². The standard InChI is InChI=1S/C2H7BO/c1-2(3)4/h2,4H,3H2,1H3. The van der Waals surface area contributed by atoms with Crippen LogP contribution in [-0.4, -0.2) is 19.0 Å². The summed E-state index contributed by atoms with van der Waals surface area (Å²) >= 11 is 0. The summed E-state index contributed by atoms with van der Waals surface area (Å²) < 4.78 is 0. The fourth-order valence-corrected chi connectivity index (χ4v) is 0. The first kappa shape index (κ1) is 4.02. The number of rotatable bonds is 0. The molecule has 1 N–H and O–H groups in total. The van der Waals surface area contributed by atoms with Crippen LogP contribution in [0, 0.1) is 0 Å². The van der Waals surface area contributed by atoms with Crippen molar-refractivity contribution in [2.24, 2.45) is 0 Å². The molecule has 4 heavy (non-hydrogen) atoms. The highest BCUT2D eigenvalue weighted by Gasteiger charge is 1.70. The van der Waals surface area contributed by atoms with Gasteiger partial charge in [0.05, 0.1) is 0 Å². The molecular formula is C2H7BO. The maximum Gasteiger partial charge on any atom is 0.138 e. The lowest BCUT2D eigenvalue weighted by Gasteiger charge is -1.79. The zero-order chi connectivity index (χ0) is 3.58. The first-order valence-corrected chi connectivity index (χ1v) is 1.41. The molecule has 0 saturated heterocycles. The SMILES string of the molecule is BC(C)O. The van der Waals surface area contributed by atoms with E-state index < -0.39 is 0 Å². The van der Waals surface area contributed by atoms with Gasteiger partial charge in [0.1, 0.15) is 7.85 Å². The van der Waals surface area contributed by atoms with Crippen LogP contribution < -0.4 is 0 Å². The van der Waals surface area contributed by atoms with E-state index in [-0.39, 0.29) is 6.00 Å². The Morgan fingerprint density at radius 1 is 2.00 bits per heavy atom. The van der Waals surface area contributed by atoms with Crippen molar-refractivity contribution >= 4 is 7.85 Å². The van der Waals surface area contributed by atoms with Crippen LogP contribution in [0.4, 0.5) is 0 Å². The van der Waals surface area contributed by atoms with E-state index in [0.29, 0.717) is 0 Å². The second-order valence-electron chi connectivity index (χ2n) is 1.09. The second-order valence-corrected chi connectivity index (χ2v) is 1.09. The summed E-state index contributed by atoms with van der Waals surface area (Å²) in [5, 5.41) is 8.06. The van der Waals surface area contributed by atoms with Crippen LogP contribution in [0.2, 0.25) is 0 Å². The van der Waals surface area contributed by atoms with E-state index in [2.05, 4.69) is 0 Å². The number of aliphatic hydroxyl groups excluding tert-OH is 1. The van der Waals surface area contributed by atoms with Crippen molar-refractivity contribution in [2.45, 2.75) is 12.9 Å². The van der Waals surface area contributed by atoms with Crippen LogP contribution in [0.1, 0.15) is 6.92 Å². The number of hydrogen-bond acceptors (Lipinski definition) is 1. The highest BCUT2D eigenvalue weighted by atomic mass is 16.3. The zero-order valence-electron chi connectivity index (χ0n) is 3.02. The van der Waals surface area contributed by atoms with E-state index in [1.165, 1.54) is 0 Å². The molecule has 0 spiro atoms. The average molecular weight is 57.9 g/mol. The third-order valence-corrected chi connectivity index (χ3v) is 0. The highest BCUT2D eigenvalue weighted by Crippen LogP contribution is 1.56. The first-order valence-electron chi connectivity index (χ1n) is 1.41. The van der Waals surface area contributed by atoms with Crippen LogP contribution in [0.15, 0.2) is 0 Å². The van der Waals surface area contributed by atoms with Crippen LogP contribution in [-0.2, 0) is 0 Å². The van der Waals surface area contributed by atoms with E-state index in [9.17, 15) is 0 Å². The summed E-state index contributed by atoms with van der Waals surface area (Å²) in [6.07, 6.45) is 0. The monoisotopic (exact) mass is 58.1 g/mol. The highest BCUT2D eigenvalue weighted by molar-refractivity contribution is 6.10. The maximum absolute atomic E-state index is 8.06. The molecule has 0 radical (unpaired) electrons. The van der Waals surface area contributed by atoms with Gasteiger partial charge in [-0.05, 0) is 6.92 Å². The third-order valence-electron chi connectivity index (χ3n) is 0. The quantitative estimate of drug-likeness (QED) is 0.352. The minimum absolute atomic E-state index is 0.167. The largest absolute Gasteiger partial charge is 0.402 e. The molecule has 0 aliphatic carbocycles. The molecule has 0 rings (SSSR count). The fourth-order valence-electron chi connectivity index (χ4n) is 0. The Kier molecular flexibility index (Phi) is 1.36. The number of aliphatic hydroxyl groups is 1. The van der Waals surface area contributed by atoms with Gasteiger partial charge in [-0.3, -0.25) is 0 Å². The molecule has 0 saturated carbocycles. The smallest absolute Gasteiger partial charge is 0.138 e. The average Bonchev–Trinajstić information content (AvgIpc) is 0.811. The molecule has 0 aromatic heterocycles. The van der Waals surface area contributed by atoms with E-state index in [4.69, 9.17) is 5.11 Å². The maximum atomic E-state index is 8.06. The van der Waals surface area contributed by atoms with Crippen LogP contribution in [0.25, 0.3) is 0 Å². The molecule has 1 atom stereocenters. The Hall–Kier alpha value is 0.0249. The van der Waals surface area contributed by atoms with Crippen molar-refractivity contribution in [1.82, 2.24) is 0 Å². The Balaban J connectivity index is 2.32. The van der Waals surface area contributed by atoms with Gasteiger partial charge in [0, 0.05) is 6.00 Å². The molecule has 1 nitrogen and oxygen atoms in total. The lowest BCUT2D eigenvalue weighted by Crippen LogP contribution is -1.94. The van der Waals surface area contributed by atoms with Crippen molar-refractivity contribution in [1.29, 1.82) is 0 Å².